The van der Waals surface area contributed by atoms with Gasteiger partial charge in [0.05, 0.1) is 0 Å². The molecule has 0 unspecified atom stereocenters. The standard InChI is InChI=1S/2C18H33P.C2H4.2BrH.NO.Re/c2*1-4-10-16(11-5-1)19(17-12-6-2-7-13-17)18-14-8-3-9-15-18;1-2;;;1-2;/h2*16-18H,1-15H2;1-2H2;2*1H;;. The molecule has 0 atom stereocenters. The van der Waals surface area contributed by atoms with E-state index in [9.17, 15) is 0 Å². The Hall–Kier alpha value is 2.08. The van der Waals surface area contributed by atoms with E-state index in [0.717, 1.165) is 0 Å². The first-order valence-corrected chi connectivity index (χ1v) is 22.2. The summed E-state index contributed by atoms with van der Waals surface area (Å²) in [7, 11) is 0.770. The maximum Gasteiger partial charge on any atom is 0.120 e. The van der Waals surface area contributed by atoms with E-state index >= 15 is 0 Å². The Labute approximate surface area is 319 Å². The van der Waals surface area contributed by atoms with Crippen LogP contribution in [0.5, 0.6) is 0 Å². The molecule has 6 aliphatic carbocycles. The molecule has 0 amide bonds. The zero-order valence-corrected chi connectivity index (χ0v) is 37.0. The van der Waals surface area contributed by atoms with E-state index in [1.807, 2.05) is 0 Å². The fourth-order valence-electron chi connectivity index (χ4n) is 10.1. The molecule has 0 saturated heterocycles. The van der Waals surface area contributed by atoms with E-state index in [0.29, 0.717) is 15.8 Å². The van der Waals surface area contributed by atoms with Crippen LogP contribution in [-0.4, -0.2) is 34.0 Å². The van der Waals surface area contributed by atoms with E-state index in [1.165, 1.54) is 72.5 Å². The molecular formula is C38H72Br2NOP2Re. The first-order valence-electron chi connectivity index (χ1n) is 19.1. The predicted molar refractivity (Wildman–Crippen MR) is 212 cm³/mol. The van der Waals surface area contributed by atoms with E-state index in [2.05, 4.69) is 13.8 Å². The summed E-state index contributed by atoms with van der Waals surface area (Å²) in [6.07, 6.45) is 47.2. The zero-order chi connectivity index (χ0) is 29.8. The average Bonchev–Trinajstić information content (AvgIpc) is 3.10. The molecule has 6 rings (SSSR count). The van der Waals surface area contributed by atoms with Crippen LogP contribution < -0.4 is 5.59 Å². The second-order valence-corrected chi connectivity index (χ2v) is 20.8. The fourth-order valence-corrected chi connectivity index (χ4v) is 19.4. The Balaban J connectivity index is 0.000000731. The second kappa shape index (κ2) is 29.8. The Bertz CT molecular complexity index is 504. The smallest absolute Gasteiger partial charge is 0.120 e. The van der Waals surface area contributed by atoms with Crippen molar-refractivity contribution in [3.63, 3.8) is 0 Å². The Morgan fingerprint density at radius 1 is 0.311 bits per heavy atom. The molecule has 7 heteroatoms. The van der Waals surface area contributed by atoms with Gasteiger partial charge in [0, 0.05) is 20.4 Å². The molecule has 4 radical (unpaired) electrons. The van der Waals surface area contributed by atoms with Crippen LogP contribution in [-0.2, 0) is 20.4 Å². The minimum Gasteiger partial charge on any atom is -0.120 e. The van der Waals surface area contributed by atoms with E-state index in [-0.39, 0.29) is 54.4 Å². The molecule has 0 bridgehead atoms. The summed E-state index contributed by atoms with van der Waals surface area (Å²) in [4.78, 5) is 7.25. The first-order chi connectivity index (χ1) is 20.9. The van der Waals surface area contributed by atoms with Gasteiger partial charge < -0.3 is 0 Å². The van der Waals surface area contributed by atoms with Crippen molar-refractivity contribution < 1.29 is 20.4 Å². The average molecular weight is 967 g/mol. The third-order valence-electron chi connectivity index (χ3n) is 12.0. The Kier molecular flexibility index (Phi) is 31.2. The summed E-state index contributed by atoms with van der Waals surface area (Å²) in [5.74, 6) is 0. The predicted octanol–water partition coefficient (Wildman–Crippen LogP) is 14.3. The maximum absolute atomic E-state index is 7.25. The molecule has 0 aromatic heterocycles. The van der Waals surface area contributed by atoms with Crippen molar-refractivity contribution in [1.82, 2.24) is 5.59 Å². The molecule has 0 spiro atoms. The van der Waals surface area contributed by atoms with Gasteiger partial charge in [-0.05, 0) is 111 Å². The third-order valence-corrected chi connectivity index (χ3v) is 20.1. The summed E-state index contributed by atoms with van der Waals surface area (Å²) in [6, 6.07) is 0. The summed E-state index contributed by atoms with van der Waals surface area (Å²) >= 11 is 0. The monoisotopic (exact) mass is 965 g/mol. The fraction of sp³-hybridized carbons (Fsp3) is 0.947. The quantitative estimate of drug-likeness (QED) is 0.245. The van der Waals surface area contributed by atoms with Crippen LogP contribution in [0.4, 0.5) is 0 Å². The van der Waals surface area contributed by atoms with Gasteiger partial charge in [0.2, 0.25) is 0 Å². The molecule has 0 aromatic carbocycles. The first kappa shape index (κ1) is 47.1. The van der Waals surface area contributed by atoms with E-state index in [4.69, 9.17) is 10.5 Å². The van der Waals surface area contributed by atoms with Gasteiger partial charge in [-0.2, -0.15) is 0 Å². The van der Waals surface area contributed by atoms with Crippen LogP contribution in [0, 0.1) is 18.8 Å². The van der Waals surface area contributed by atoms with Crippen LogP contribution in [0.25, 0.3) is 0 Å². The topological polar surface area (TPSA) is 39.4 Å². The van der Waals surface area contributed by atoms with E-state index < -0.39 is 0 Å². The molecule has 0 N–H and O–H groups in total. The second-order valence-electron chi connectivity index (χ2n) is 14.6. The molecule has 2 nitrogen and oxygen atoms in total. The molecule has 6 fully saturated rings. The molecule has 6 aliphatic rings. The minimum absolute atomic E-state index is 0. The molecule has 45 heavy (non-hydrogen) atoms. The molecule has 0 aromatic rings. The van der Waals surface area contributed by atoms with Gasteiger partial charge in [0.1, 0.15) is 5.59 Å². The molecule has 6 saturated carbocycles. The van der Waals surface area contributed by atoms with Crippen molar-refractivity contribution >= 4 is 49.8 Å². The SMILES string of the molecule is Br.Br.C1CCC(P(C2CCCCC2)C2CCCCC2)CC1.C1CCC(P(C2CCCCC2)C2CCCCC2)CC1.[CH2][CH2].[N]=O.[Re]. The number of rotatable bonds is 6. The van der Waals surface area contributed by atoms with Crippen LogP contribution in [0.15, 0.2) is 0 Å². The van der Waals surface area contributed by atoms with Crippen molar-refractivity contribution in [3.8, 4) is 0 Å². The zero-order valence-electron chi connectivity index (χ0n) is 29.0. The molecular weight excluding hydrogens is 894 g/mol. The van der Waals surface area contributed by atoms with Crippen LogP contribution in [0.1, 0.15) is 193 Å². The number of hydrogen-bond acceptors (Lipinski definition) is 1. The normalized spacial score (nSPS) is 24.6. The van der Waals surface area contributed by atoms with Gasteiger partial charge in [0.15, 0.2) is 0 Å². The van der Waals surface area contributed by atoms with Gasteiger partial charge in [-0.25, -0.2) is 0 Å². The molecule has 0 heterocycles. The Morgan fingerprint density at radius 3 is 0.533 bits per heavy atom. The van der Waals surface area contributed by atoms with Crippen molar-refractivity contribution in [3.05, 3.63) is 18.8 Å². The third kappa shape index (κ3) is 16.3. The number of halogens is 2. The number of hydrogen-bond donors (Lipinski definition) is 0. The summed E-state index contributed by atoms with van der Waals surface area (Å²) in [5, 5.41) is 0. The number of nitroso groups, excluding NO2 is 1. The number of nitrogens with zero attached hydrogens (tertiary/aromatic N) is 1. The van der Waals surface area contributed by atoms with Crippen LogP contribution >= 0.6 is 49.8 Å². The van der Waals surface area contributed by atoms with Gasteiger partial charge in [0.25, 0.3) is 0 Å². The van der Waals surface area contributed by atoms with Gasteiger partial charge in [-0.1, -0.05) is 145 Å². The largest absolute Gasteiger partial charge is 0.120 e. The van der Waals surface area contributed by atoms with Gasteiger partial charge >= 0.3 is 0 Å². The summed E-state index contributed by atoms with van der Waals surface area (Å²) in [5.41, 5.74) is 12.9. The summed E-state index contributed by atoms with van der Waals surface area (Å²) < 4.78 is 0. The molecule has 0 aliphatic heterocycles. The van der Waals surface area contributed by atoms with Crippen molar-refractivity contribution in [2.75, 3.05) is 0 Å². The van der Waals surface area contributed by atoms with Gasteiger partial charge in [-0.3, -0.25) is 0 Å². The van der Waals surface area contributed by atoms with Crippen LogP contribution in [0.3, 0.4) is 0 Å². The Morgan fingerprint density at radius 2 is 0.422 bits per heavy atom. The van der Waals surface area contributed by atoms with Crippen molar-refractivity contribution in [1.29, 1.82) is 0 Å². The van der Waals surface area contributed by atoms with Crippen molar-refractivity contribution in [2.24, 2.45) is 0 Å². The molecule has 266 valence electrons. The van der Waals surface area contributed by atoms with E-state index in [1.54, 1.807) is 154 Å². The summed E-state index contributed by atoms with van der Waals surface area (Å²) in [6.45, 7) is 6.00. The van der Waals surface area contributed by atoms with Crippen LogP contribution in [0.2, 0.25) is 0 Å². The van der Waals surface area contributed by atoms with Crippen molar-refractivity contribution in [2.45, 2.75) is 227 Å². The maximum atomic E-state index is 7.25. The van der Waals surface area contributed by atoms with Gasteiger partial charge in [-0.15, -0.1) is 38.9 Å². The minimum atomic E-state index is 0.